The fourth-order valence-electron chi connectivity index (χ4n) is 2.76. The topological polar surface area (TPSA) is 38.7 Å². The summed E-state index contributed by atoms with van der Waals surface area (Å²) in [6.45, 7) is 9.83. The van der Waals surface area contributed by atoms with Gasteiger partial charge >= 0.3 is 0 Å². The molecule has 0 saturated heterocycles. The minimum absolute atomic E-state index is 0.489. The lowest BCUT2D eigenvalue weighted by Crippen LogP contribution is -2.16. The first-order valence-corrected chi connectivity index (χ1v) is 13.3. The number of hydrogen-bond acceptors (Lipinski definition) is 3. The summed E-state index contributed by atoms with van der Waals surface area (Å²) in [6, 6.07) is 14.0. The minimum atomic E-state index is -1.34. The maximum atomic E-state index is 10.5. The fraction of sp³-hybridized carbons (Fsp3) is 0.417. The van der Waals surface area contributed by atoms with Crippen LogP contribution in [0.2, 0.25) is 19.6 Å². The van der Waals surface area contributed by atoms with Gasteiger partial charge in [0.05, 0.1) is 26.4 Å². The third-order valence-electron chi connectivity index (χ3n) is 4.45. The van der Waals surface area contributed by atoms with Gasteiger partial charge in [0.1, 0.15) is 13.8 Å². The van der Waals surface area contributed by atoms with E-state index in [9.17, 15) is 5.11 Å². The minimum Gasteiger partial charge on any atom is -0.497 e. The molecule has 28 heavy (non-hydrogen) atoms. The van der Waals surface area contributed by atoms with Crippen LogP contribution in [0.4, 0.5) is 0 Å². The first-order valence-electron chi connectivity index (χ1n) is 9.76. The van der Waals surface area contributed by atoms with Crippen LogP contribution >= 0.6 is 0 Å². The molecule has 0 bridgehead atoms. The molecule has 0 aliphatic rings. The molecule has 0 amide bonds. The van der Waals surface area contributed by atoms with Crippen LogP contribution in [-0.2, 0) is 18.0 Å². The van der Waals surface area contributed by atoms with E-state index in [0.717, 1.165) is 28.9 Å². The van der Waals surface area contributed by atoms with Crippen LogP contribution in [0.3, 0.4) is 0 Å². The SMILES string of the molecule is COc1ccc(COCc2cc(C(O)CCC#C[Si](C)(C)C)ccc2C)cc1. The summed E-state index contributed by atoms with van der Waals surface area (Å²) in [5, 5.41) is 10.5. The number of hydrogen-bond donors (Lipinski definition) is 1. The Bertz CT molecular complexity index is 810. The van der Waals surface area contributed by atoms with Crippen molar-refractivity contribution < 1.29 is 14.6 Å². The summed E-state index contributed by atoms with van der Waals surface area (Å²) in [4.78, 5) is 0. The Labute approximate surface area is 170 Å². The molecule has 2 rings (SSSR count). The number of ether oxygens (including phenoxy) is 2. The Morgan fingerprint density at radius 1 is 1.04 bits per heavy atom. The Balaban J connectivity index is 1.91. The molecular weight excluding hydrogens is 364 g/mol. The van der Waals surface area contributed by atoms with Crippen molar-refractivity contribution in [3.05, 3.63) is 64.7 Å². The summed E-state index contributed by atoms with van der Waals surface area (Å²) in [5.74, 6) is 4.07. The van der Waals surface area contributed by atoms with Gasteiger partial charge in [-0.15, -0.1) is 11.5 Å². The van der Waals surface area contributed by atoms with Gasteiger partial charge in [0.2, 0.25) is 0 Å². The van der Waals surface area contributed by atoms with E-state index in [2.05, 4.69) is 50.2 Å². The third-order valence-corrected chi connectivity index (χ3v) is 5.38. The zero-order valence-electron chi connectivity index (χ0n) is 17.7. The van der Waals surface area contributed by atoms with Crippen LogP contribution in [-0.4, -0.2) is 20.3 Å². The van der Waals surface area contributed by atoms with Gasteiger partial charge in [0.15, 0.2) is 0 Å². The molecule has 3 nitrogen and oxygen atoms in total. The average Bonchev–Trinajstić information content (AvgIpc) is 2.66. The van der Waals surface area contributed by atoms with E-state index >= 15 is 0 Å². The van der Waals surface area contributed by atoms with Crippen LogP contribution in [0, 0.1) is 18.4 Å². The quantitative estimate of drug-likeness (QED) is 0.479. The van der Waals surface area contributed by atoms with Gasteiger partial charge in [0.25, 0.3) is 0 Å². The fourth-order valence-corrected chi connectivity index (χ4v) is 3.41. The van der Waals surface area contributed by atoms with Crippen molar-refractivity contribution in [1.82, 2.24) is 0 Å². The number of methoxy groups -OCH3 is 1. The second-order valence-corrected chi connectivity index (χ2v) is 12.9. The lowest BCUT2D eigenvalue weighted by Gasteiger charge is -2.14. The molecule has 0 heterocycles. The highest BCUT2D eigenvalue weighted by molar-refractivity contribution is 6.83. The largest absolute Gasteiger partial charge is 0.497 e. The van der Waals surface area contributed by atoms with Gasteiger partial charge in [-0.05, 0) is 47.7 Å². The van der Waals surface area contributed by atoms with Gasteiger partial charge < -0.3 is 14.6 Å². The third kappa shape index (κ3) is 7.51. The highest BCUT2D eigenvalue weighted by atomic mass is 28.3. The van der Waals surface area contributed by atoms with Gasteiger partial charge in [-0.2, -0.15) is 0 Å². The van der Waals surface area contributed by atoms with Gasteiger partial charge in [-0.25, -0.2) is 0 Å². The molecule has 150 valence electrons. The maximum Gasteiger partial charge on any atom is 0.129 e. The number of rotatable bonds is 8. The molecule has 1 unspecified atom stereocenters. The van der Waals surface area contributed by atoms with Crippen molar-refractivity contribution in [2.45, 2.75) is 58.7 Å². The monoisotopic (exact) mass is 396 g/mol. The van der Waals surface area contributed by atoms with Crippen LogP contribution < -0.4 is 4.74 Å². The standard InChI is InChI=1S/C24H32O3Si/c1-19-9-12-21(24(25)8-6-7-15-28(3,4)5)16-22(19)18-27-17-20-10-13-23(26-2)14-11-20/h9-14,16,24-25H,6,8,17-18H2,1-5H3. The number of aryl methyl sites for hydroxylation is 1. The Kier molecular flexibility index (Phi) is 8.31. The summed E-state index contributed by atoms with van der Waals surface area (Å²) < 4.78 is 11.1. The van der Waals surface area contributed by atoms with E-state index in [1.54, 1.807) is 7.11 Å². The van der Waals surface area contributed by atoms with Crippen molar-refractivity contribution in [3.63, 3.8) is 0 Å². The van der Waals surface area contributed by atoms with Crippen LogP contribution in [0.25, 0.3) is 0 Å². The molecule has 2 aromatic rings. The van der Waals surface area contributed by atoms with Crippen molar-refractivity contribution in [2.24, 2.45) is 0 Å². The molecule has 0 saturated carbocycles. The molecule has 0 fully saturated rings. The molecule has 0 aliphatic carbocycles. The predicted molar refractivity (Wildman–Crippen MR) is 118 cm³/mol. The summed E-state index contributed by atoms with van der Waals surface area (Å²) >= 11 is 0. The lowest BCUT2D eigenvalue weighted by atomic mass is 9.99. The van der Waals surface area contributed by atoms with E-state index in [1.165, 1.54) is 5.56 Å². The van der Waals surface area contributed by atoms with Crippen LogP contribution in [0.1, 0.15) is 41.2 Å². The molecule has 0 aromatic heterocycles. The van der Waals surface area contributed by atoms with Gasteiger partial charge in [-0.3, -0.25) is 0 Å². The van der Waals surface area contributed by atoms with Crippen LogP contribution in [0.15, 0.2) is 42.5 Å². The van der Waals surface area contributed by atoms with Crippen LogP contribution in [0.5, 0.6) is 5.75 Å². The lowest BCUT2D eigenvalue weighted by molar-refractivity contribution is 0.106. The van der Waals surface area contributed by atoms with E-state index in [4.69, 9.17) is 9.47 Å². The maximum absolute atomic E-state index is 10.5. The second-order valence-electron chi connectivity index (χ2n) is 8.13. The summed E-state index contributed by atoms with van der Waals surface area (Å²) in [6.07, 6.45) is 0.895. The first kappa shape index (κ1) is 22.2. The average molecular weight is 397 g/mol. The highest BCUT2D eigenvalue weighted by Gasteiger charge is 2.10. The number of aliphatic hydroxyl groups excluding tert-OH is 1. The van der Waals surface area contributed by atoms with Crippen molar-refractivity contribution in [1.29, 1.82) is 0 Å². The summed E-state index contributed by atoms with van der Waals surface area (Å²) in [5.41, 5.74) is 7.67. The molecule has 0 radical (unpaired) electrons. The normalized spacial score (nSPS) is 12.2. The Morgan fingerprint density at radius 2 is 1.75 bits per heavy atom. The van der Waals surface area contributed by atoms with Gasteiger partial charge in [0, 0.05) is 6.42 Å². The Morgan fingerprint density at radius 3 is 2.39 bits per heavy atom. The van der Waals surface area contributed by atoms with Crippen molar-refractivity contribution in [2.75, 3.05) is 7.11 Å². The summed E-state index contributed by atoms with van der Waals surface area (Å²) in [7, 11) is 0.322. The molecule has 1 N–H and O–H groups in total. The zero-order chi connectivity index (χ0) is 20.6. The molecule has 2 aromatic carbocycles. The highest BCUT2D eigenvalue weighted by Crippen LogP contribution is 2.22. The van der Waals surface area contributed by atoms with Gasteiger partial charge in [-0.1, -0.05) is 50.0 Å². The van der Waals surface area contributed by atoms with E-state index in [-0.39, 0.29) is 0 Å². The van der Waals surface area contributed by atoms with Crippen molar-refractivity contribution >= 4 is 8.07 Å². The number of benzene rings is 2. The smallest absolute Gasteiger partial charge is 0.129 e. The molecule has 0 aliphatic heterocycles. The van der Waals surface area contributed by atoms with Crippen molar-refractivity contribution in [3.8, 4) is 17.2 Å². The first-order chi connectivity index (χ1) is 13.3. The van der Waals surface area contributed by atoms with E-state index < -0.39 is 14.2 Å². The number of aliphatic hydroxyl groups is 1. The molecular formula is C24H32O3Si. The molecule has 1 atom stereocenters. The molecule has 0 spiro atoms. The predicted octanol–water partition coefficient (Wildman–Crippen LogP) is 5.41. The second kappa shape index (κ2) is 10.5. The van der Waals surface area contributed by atoms with E-state index in [1.807, 2.05) is 30.3 Å². The zero-order valence-corrected chi connectivity index (χ0v) is 18.7. The molecule has 4 heteroatoms. The Hall–Kier alpha value is -2.06. The van der Waals surface area contributed by atoms with E-state index in [0.29, 0.717) is 19.6 Å².